The molecule has 0 radical (unpaired) electrons. The molecule has 21 heavy (non-hydrogen) atoms. The van der Waals surface area contributed by atoms with Crippen LogP contribution in [0, 0.1) is 6.92 Å². The van der Waals surface area contributed by atoms with Crippen molar-refractivity contribution in [2.45, 2.75) is 13.8 Å². The number of rotatable bonds is 5. The van der Waals surface area contributed by atoms with Crippen molar-refractivity contribution in [1.29, 1.82) is 0 Å². The van der Waals surface area contributed by atoms with E-state index in [9.17, 15) is 9.59 Å². The van der Waals surface area contributed by atoms with Crippen LogP contribution in [0.2, 0.25) is 0 Å². The number of carbonyl (C=O) groups is 2. The molecule has 0 saturated carbocycles. The molecule has 0 saturated heterocycles. The molecule has 0 unspecified atom stereocenters. The highest BCUT2D eigenvalue weighted by Crippen LogP contribution is 2.17. The molecule has 7 nitrogen and oxygen atoms in total. The minimum atomic E-state index is -0.311. The lowest BCUT2D eigenvalue weighted by molar-refractivity contribution is -0.120. The summed E-state index contributed by atoms with van der Waals surface area (Å²) in [5, 5.41) is 8.86. The van der Waals surface area contributed by atoms with Crippen LogP contribution in [0.3, 0.4) is 0 Å². The van der Waals surface area contributed by atoms with E-state index in [1.54, 1.807) is 31.2 Å². The quantitative estimate of drug-likeness (QED) is 0.852. The van der Waals surface area contributed by atoms with Gasteiger partial charge in [0.05, 0.1) is 6.54 Å². The molecular weight excluding hydrogens is 272 g/mol. The number of aromatic nitrogens is 2. The van der Waals surface area contributed by atoms with Crippen molar-refractivity contribution in [1.82, 2.24) is 20.8 Å². The zero-order valence-corrected chi connectivity index (χ0v) is 11.8. The third-order valence-corrected chi connectivity index (χ3v) is 2.71. The summed E-state index contributed by atoms with van der Waals surface area (Å²) in [6.45, 7) is 4.04. The number of carbonyl (C=O) groups excluding carboxylic acids is 2. The van der Waals surface area contributed by atoms with Crippen molar-refractivity contribution in [3.63, 3.8) is 0 Å². The Bertz CT molecular complexity index is 634. The monoisotopic (exact) mass is 288 g/mol. The fraction of sp³-hybridized carbons (Fsp3) is 0.286. The van der Waals surface area contributed by atoms with Crippen molar-refractivity contribution < 1.29 is 14.1 Å². The van der Waals surface area contributed by atoms with E-state index in [-0.39, 0.29) is 18.4 Å². The van der Waals surface area contributed by atoms with Gasteiger partial charge in [0.2, 0.25) is 5.91 Å². The standard InChI is InChI=1S/C14H16N4O3/c1-3-15-12(19)8-16-13(20)10-4-6-11(7-5-10)14-17-9(2)18-21-14/h4-7H,3,8H2,1-2H3,(H,15,19)(H,16,20). The van der Waals surface area contributed by atoms with Crippen LogP contribution in [0.5, 0.6) is 0 Å². The summed E-state index contributed by atoms with van der Waals surface area (Å²) in [4.78, 5) is 27.2. The number of aryl methyl sites for hydroxylation is 1. The lowest BCUT2D eigenvalue weighted by atomic mass is 10.1. The molecule has 0 bridgehead atoms. The summed E-state index contributed by atoms with van der Waals surface area (Å²) in [6.07, 6.45) is 0. The minimum absolute atomic E-state index is 0.0444. The highest BCUT2D eigenvalue weighted by molar-refractivity contribution is 5.96. The molecule has 0 aliphatic rings. The predicted octanol–water partition coefficient (Wildman–Crippen LogP) is 0.911. The van der Waals surface area contributed by atoms with E-state index in [0.717, 1.165) is 5.56 Å². The van der Waals surface area contributed by atoms with E-state index >= 15 is 0 Å². The number of nitrogens with one attached hydrogen (secondary N) is 2. The Morgan fingerprint density at radius 2 is 1.90 bits per heavy atom. The van der Waals surface area contributed by atoms with Gasteiger partial charge in [-0.3, -0.25) is 9.59 Å². The third-order valence-electron chi connectivity index (χ3n) is 2.71. The number of hydrogen-bond donors (Lipinski definition) is 2. The molecule has 110 valence electrons. The first-order chi connectivity index (χ1) is 10.1. The number of hydrogen-bond acceptors (Lipinski definition) is 5. The molecule has 2 aromatic rings. The van der Waals surface area contributed by atoms with Crippen molar-refractivity contribution in [2.24, 2.45) is 0 Å². The molecule has 0 aliphatic carbocycles. The maximum atomic E-state index is 11.9. The highest BCUT2D eigenvalue weighted by atomic mass is 16.5. The van der Waals surface area contributed by atoms with Gasteiger partial charge in [-0.1, -0.05) is 5.16 Å². The van der Waals surface area contributed by atoms with Crippen LogP contribution in [0.15, 0.2) is 28.8 Å². The summed E-state index contributed by atoms with van der Waals surface area (Å²) in [6, 6.07) is 6.71. The summed E-state index contributed by atoms with van der Waals surface area (Å²) in [7, 11) is 0. The van der Waals surface area contributed by atoms with Gasteiger partial charge in [-0.2, -0.15) is 4.98 Å². The van der Waals surface area contributed by atoms with Crippen LogP contribution < -0.4 is 10.6 Å². The van der Waals surface area contributed by atoms with Crippen LogP contribution in [-0.2, 0) is 4.79 Å². The van der Waals surface area contributed by atoms with E-state index in [0.29, 0.717) is 23.8 Å². The molecule has 1 aromatic carbocycles. The number of benzene rings is 1. The largest absolute Gasteiger partial charge is 0.355 e. The van der Waals surface area contributed by atoms with Gasteiger partial charge in [0.1, 0.15) is 0 Å². The number of nitrogens with zero attached hydrogens (tertiary/aromatic N) is 2. The Balaban J connectivity index is 1.98. The fourth-order valence-electron chi connectivity index (χ4n) is 1.70. The van der Waals surface area contributed by atoms with Gasteiger partial charge in [-0.25, -0.2) is 0 Å². The smallest absolute Gasteiger partial charge is 0.257 e. The van der Waals surface area contributed by atoms with Gasteiger partial charge in [0.25, 0.3) is 11.8 Å². The van der Waals surface area contributed by atoms with Crippen LogP contribution in [0.1, 0.15) is 23.1 Å². The van der Waals surface area contributed by atoms with Crippen LogP contribution >= 0.6 is 0 Å². The first-order valence-corrected chi connectivity index (χ1v) is 6.55. The van der Waals surface area contributed by atoms with Gasteiger partial charge in [0.15, 0.2) is 5.82 Å². The highest BCUT2D eigenvalue weighted by Gasteiger charge is 2.10. The van der Waals surface area contributed by atoms with Crippen molar-refractivity contribution in [3.8, 4) is 11.5 Å². The van der Waals surface area contributed by atoms with E-state index in [1.165, 1.54) is 0 Å². The van der Waals surface area contributed by atoms with Crippen molar-refractivity contribution in [2.75, 3.05) is 13.1 Å². The second-order valence-corrected chi connectivity index (χ2v) is 4.36. The second kappa shape index (κ2) is 6.65. The average molecular weight is 288 g/mol. The molecule has 1 aromatic heterocycles. The van der Waals surface area contributed by atoms with E-state index < -0.39 is 0 Å². The Labute approximate surface area is 121 Å². The molecule has 2 rings (SSSR count). The Morgan fingerprint density at radius 1 is 1.19 bits per heavy atom. The number of likely N-dealkylation sites (N-methyl/N-ethyl adjacent to an activating group) is 1. The lowest BCUT2D eigenvalue weighted by Crippen LogP contribution is -2.36. The van der Waals surface area contributed by atoms with Gasteiger partial charge in [-0.05, 0) is 38.1 Å². The molecule has 1 heterocycles. The molecule has 2 N–H and O–H groups in total. The zero-order valence-electron chi connectivity index (χ0n) is 11.8. The maximum Gasteiger partial charge on any atom is 0.257 e. The predicted molar refractivity (Wildman–Crippen MR) is 75.5 cm³/mol. The Morgan fingerprint density at radius 3 is 2.48 bits per heavy atom. The molecule has 0 fully saturated rings. The number of amides is 2. The molecular formula is C14H16N4O3. The molecule has 0 spiro atoms. The summed E-state index contributed by atoms with van der Waals surface area (Å²) in [5.41, 5.74) is 1.19. The summed E-state index contributed by atoms with van der Waals surface area (Å²) < 4.78 is 5.04. The van der Waals surface area contributed by atoms with Gasteiger partial charge in [0, 0.05) is 17.7 Å². The SMILES string of the molecule is CCNC(=O)CNC(=O)c1ccc(-c2nc(C)no2)cc1. The molecule has 2 amide bonds. The van der Waals surface area contributed by atoms with Crippen molar-refractivity contribution >= 4 is 11.8 Å². The normalized spacial score (nSPS) is 10.2. The van der Waals surface area contributed by atoms with E-state index in [1.807, 2.05) is 6.92 Å². The first-order valence-electron chi connectivity index (χ1n) is 6.55. The third kappa shape index (κ3) is 3.88. The Hall–Kier alpha value is -2.70. The first kappa shape index (κ1) is 14.7. The summed E-state index contributed by atoms with van der Waals surface area (Å²) >= 11 is 0. The minimum Gasteiger partial charge on any atom is -0.355 e. The maximum absolute atomic E-state index is 11.9. The van der Waals surface area contributed by atoms with Gasteiger partial charge in [-0.15, -0.1) is 0 Å². The van der Waals surface area contributed by atoms with Crippen LogP contribution in [-0.4, -0.2) is 35.0 Å². The lowest BCUT2D eigenvalue weighted by Gasteiger charge is -2.05. The summed E-state index contributed by atoms with van der Waals surface area (Å²) in [5.74, 6) is 0.425. The average Bonchev–Trinajstić information content (AvgIpc) is 2.92. The molecule has 7 heteroatoms. The Kier molecular flexibility index (Phi) is 4.65. The van der Waals surface area contributed by atoms with Gasteiger partial charge < -0.3 is 15.2 Å². The topological polar surface area (TPSA) is 97.1 Å². The van der Waals surface area contributed by atoms with E-state index in [4.69, 9.17) is 4.52 Å². The van der Waals surface area contributed by atoms with Crippen molar-refractivity contribution in [3.05, 3.63) is 35.7 Å². The van der Waals surface area contributed by atoms with E-state index in [2.05, 4.69) is 20.8 Å². The zero-order chi connectivity index (χ0) is 15.2. The van der Waals surface area contributed by atoms with Gasteiger partial charge >= 0.3 is 0 Å². The molecule has 0 atom stereocenters. The van der Waals surface area contributed by atoms with Crippen LogP contribution in [0.4, 0.5) is 0 Å². The second-order valence-electron chi connectivity index (χ2n) is 4.36. The van der Waals surface area contributed by atoms with Crippen LogP contribution in [0.25, 0.3) is 11.5 Å². The fourth-order valence-corrected chi connectivity index (χ4v) is 1.70. The molecule has 0 aliphatic heterocycles.